The summed E-state index contributed by atoms with van der Waals surface area (Å²) < 4.78 is 39.5. The number of aliphatic hydroxyl groups is 1. The van der Waals surface area contributed by atoms with Crippen molar-refractivity contribution < 1.29 is 23.1 Å². The third-order valence-electron chi connectivity index (χ3n) is 2.63. The smallest absolute Gasteiger partial charge is 0.257 e. The monoisotopic (exact) mass is 293 g/mol. The average molecular weight is 293 g/mol. The first-order valence-corrected chi connectivity index (χ1v) is 6.78. The molecular formula is C12H14F3NO2S. The third-order valence-corrected chi connectivity index (χ3v) is 3.80. The van der Waals surface area contributed by atoms with Crippen molar-refractivity contribution in [2.45, 2.75) is 18.2 Å². The predicted octanol–water partition coefficient (Wildman–Crippen LogP) is 1.95. The van der Waals surface area contributed by atoms with Crippen LogP contribution in [-0.2, 0) is 0 Å². The summed E-state index contributed by atoms with van der Waals surface area (Å²) in [7, 11) is 0. The highest BCUT2D eigenvalue weighted by molar-refractivity contribution is 7.99. The largest absolute Gasteiger partial charge is 0.395 e. The number of rotatable bonds is 5. The van der Waals surface area contributed by atoms with Crippen molar-refractivity contribution >= 4 is 17.7 Å². The summed E-state index contributed by atoms with van der Waals surface area (Å²) in [4.78, 5) is 11.7. The highest BCUT2D eigenvalue weighted by atomic mass is 32.2. The first kappa shape index (κ1) is 15.8. The fourth-order valence-corrected chi connectivity index (χ4v) is 2.19. The van der Waals surface area contributed by atoms with Crippen LogP contribution in [0.2, 0.25) is 0 Å². The average Bonchev–Trinajstić information content (AvgIpc) is 2.28. The summed E-state index contributed by atoms with van der Waals surface area (Å²) in [5.41, 5.74) is -0.828. The van der Waals surface area contributed by atoms with Gasteiger partial charge in [-0.25, -0.2) is 13.2 Å². The number of amides is 1. The lowest BCUT2D eigenvalue weighted by molar-refractivity contribution is 0.0927. The quantitative estimate of drug-likeness (QED) is 0.872. The first-order chi connectivity index (χ1) is 8.90. The van der Waals surface area contributed by atoms with Crippen LogP contribution in [0, 0.1) is 17.5 Å². The van der Waals surface area contributed by atoms with E-state index >= 15 is 0 Å². The van der Waals surface area contributed by atoms with Gasteiger partial charge in [0.15, 0.2) is 0 Å². The fraction of sp³-hybridized carbons (Fsp3) is 0.417. The molecule has 0 heterocycles. The van der Waals surface area contributed by atoms with Gasteiger partial charge in [-0.1, -0.05) is 0 Å². The number of carbonyl (C=O) groups is 1. The Hall–Kier alpha value is -1.21. The maximum absolute atomic E-state index is 13.4. The van der Waals surface area contributed by atoms with E-state index in [9.17, 15) is 18.0 Å². The summed E-state index contributed by atoms with van der Waals surface area (Å²) in [6, 6.07) is 0.401. The lowest BCUT2D eigenvalue weighted by Crippen LogP contribution is -2.41. The molecule has 0 spiro atoms. The van der Waals surface area contributed by atoms with Gasteiger partial charge in [0.25, 0.3) is 5.91 Å². The van der Waals surface area contributed by atoms with Gasteiger partial charge in [0.2, 0.25) is 0 Å². The number of aliphatic hydroxyl groups excluding tert-OH is 1. The van der Waals surface area contributed by atoms with E-state index in [1.165, 1.54) is 11.8 Å². The minimum atomic E-state index is -1.26. The second-order valence-electron chi connectivity index (χ2n) is 3.96. The van der Waals surface area contributed by atoms with E-state index in [1.54, 1.807) is 13.2 Å². The van der Waals surface area contributed by atoms with Crippen LogP contribution in [0.5, 0.6) is 0 Å². The van der Waals surface area contributed by atoms with E-state index < -0.39 is 35.0 Å². The minimum Gasteiger partial charge on any atom is -0.395 e. The summed E-state index contributed by atoms with van der Waals surface area (Å²) in [5, 5.41) is 11.1. The van der Waals surface area contributed by atoms with Crippen LogP contribution in [0.3, 0.4) is 0 Å². The molecule has 2 N–H and O–H groups in total. The topological polar surface area (TPSA) is 49.3 Å². The van der Waals surface area contributed by atoms with Crippen molar-refractivity contribution in [3.05, 3.63) is 35.1 Å². The molecule has 0 aliphatic rings. The summed E-state index contributed by atoms with van der Waals surface area (Å²) in [6.45, 7) is 1.42. The van der Waals surface area contributed by atoms with Crippen molar-refractivity contribution in [2.24, 2.45) is 0 Å². The molecule has 19 heavy (non-hydrogen) atoms. The number of hydrogen-bond acceptors (Lipinski definition) is 3. The molecule has 0 bridgehead atoms. The van der Waals surface area contributed by atoms with E-state index in [0.29, 0.717) is 12.1 Å². The lowest BCUT2D eigenvalue weighted by atomic mass is 10.1. The number of halogens is 3. The van der Waals surface area contributed by atoms with Gasteiger partial charge in [0.05, 0.1) is 6.61 Å². The van der Waals surface area contributed by atoms with Gasteiger partial charge < -0.3 is 10.4 Å². The number of thioether (sulfide) groups is 1. The first-order valence-electron chi connectivity index (χ1n) is 5.49. The maximum Gasteiger partial charge on any atom is 0.257 e. The Kier molecular flexibility index (Phi) is 5.68. The van der Waals surface area contributed by atoms with Gasteiger partial charge in [0.1, 0.15) is 23.0 Å². The van der Waals surface area contributed by atoms with Gasteiger partial charge in [0, 0.05) is 23.4 Å². The van der Waals surface area contributed by atoms with Crippen molar-refractivity contribution in [1.29, 1.82) is 0 Å². The molecule has 0 aliphatic heterocycles. The molecule has 1 aromatic rings. The van der Waals surface area contributed by atoms with Crippen molar-refractivity contribution in [3.8, 4) is 0 Å². The molecular weight excluding hydrogens is 279 g/mol. The Morgan fingerprint density at radius 2 is 1.89 bits per heavy atom. The normalized spacial score (nSPS) is 14.0. The standard InChI is InChI=1S/C12H14F3NO2S/c1-6(10(5-17)19-2)16-12(18)11-8(14)3-7(13)4-9(11)15/h3-4,6,10,17H,5H2,1-2H3,(H,16,18). The van der Waals surface area contributed by atoms with Crippen LogP contribution in [0.15, 0.2) is 12.1 Å². The van der Waals surface area contributed by atoms with E-state index in [2.05, 4.69) is 5.32 Å². The molecule has 3 nitrogen and oxygen atoms in total. The molecule has 0 fully saturated rings. The maximum atomic E-state index is 13.4. The minimum absolute atomic E-state index is 0.184. The van der Waals surface area contributed by atoms with Crippen LogP contribution in [0.25, 0.3) is 0 Å². The van der Waals surface area contributed by atoms with Gasteiger partial charge in [-0.2, -0.15) is 11.8 Å². The van der Waals surface area contributed by atoms with Crippen molar-refractivity contribution in [1.82, 2.24) is 5.32 Å². The molecule has 106 valence electrons. The van der Waals surface area contributed by atoms with Crippen LogP contribution >= 0.6 is 11.8 Å². The Morgan fingerprint density at radius 1 is 1.37 bits per heavy atom. The van der Waals surface area contributed by atoms with E-state index in [-0.39, 0.29) is 11.9 Å². The summed E-state index contributed by atoms with van der Waals surface area (Å²) in [5.74, 6) is -4.58. The Labute approximate surface area is 113 Å². The van der Waals surface area contributed by atoms with Gasteiger partial charge in [-0.3, -0.25) is 4.79 Å². The SMILES string of the molecule is CSC(CO)C(C)NC(=O)c1c(F)cc(F)cc1F. The molecule has 1 amide bonds. The second-order valence-corrected chi connectivity index (χ2v) is 5.04. The van der Waals surface area contributed by atoms with Gasteiger partial charge in [-0.15, -0.1) is 0 Å². The van der Waals surface area contributed by atoms with E-state index in [0.717, 1.165) is 0 Å². The lowest BCUT2D eigenvalue weighted by Gasteiger charge is -2.21. The number of hydrogen-bond donors (Lipinski definition) is 2. The number of benzene rings is 1. The van der Waals surface area contributed by atoms with Gasteiger partial charge >= 0.3 is 0 Å². The molecule has 0 saturated carbocycles. The van der Waals surface area contributed by atoms with Crippen molar-refractivity contribution in [2.75, 3.05) is 12.9 Å². The van der Waals surface area contributed by atoms with Crippen LogP contribution in [-0.4, -0.2) is 35.2 Å². The molecule has 2 unspecified atom stereocenters. The van der Waals surface area contributed by atoms with Crippen LogP contribution < -0.4 is 5.32 Å². The van der Waals surface area contributed by atoms with Crippen LogP contribution in [0.1, 0.15) is 17.3 Å². The number of nitrogens with one attached hydrogen (secondary N) is 1. The zero-order valence-electron chi connectivity index (χ0n) is 10.4. The molecule has 0 radical (unpaired) electrons. The molecule has 1 aromatic carbocycles. The van der Waals surface area contributed by atoms with Crippen molar-refractivity contribution in [3.63, 3.8) is 0 Å². The highest BCUT2D eigenvalue weighted by Gasteiger charge is 2.23. The molecule has 7 heteroatoms. The molecule has 0 aliphatic carbocycles. The second kappa shape index (κ2) is 6.81. The zero-order valence-corrected chi connectivity index (χ0v) is 11.2. The Morgan fingerprint density at radius 3 is 2.32 bits per heavy atom. The van der Waals surface area contributed by atoms with Crippen LogP contribution in [0.4, 0.5) is 13.2 Å². The molecule has 1 rings (SSSR count). The molecule has 2 atom stereocenters. The van der Waals surface area contributed by atoms with E-state index in [1.807, 2.05) is 0 Å². The zero-order chi connectivity index (χ0) is 14.6. The predicted molar refractivity (Wildman–Crippen MR) is 67.6 cm³/mol. The van der Waals surface area contributed by atoms with Gasteiger partial charge in [-0.05, 0) is 13.2 Å². The third kappa shape index (κ3) is 3.87. The molecule has 0 saturated heterocycles. The molecule has 0 aromatic heterocycles. The summed E-state index contributed by atoms with van der Waals surface area (Å²) in [6.07, 6.45) is 1.74. The summed E-state index contributed by atoms with van der Waals surface area (Å²) >= 11 is 1.31. The highest BCUT2D eigenvalue weighted by Crippen LogP contribution is 2.16. The Balaban J connectivity index is 2.90. The Bertz CT molecular complexity index is 443. The number of carbonyl (C=O) groups excluding carboxylic acids is 1. The fourth-order valence-electron chi connectivity index (χ4n) is 1.57. The van der Waals surface area contributed by atoms with E-state index in [4.69, 9.17) is 5.11 Å².